The molecule has 7 N–H and O–H groups in total. The molecule has 4 atom stereocenters. The van der Waals surface area contributed by atoms with Crippen LogP contribution >= 0.6 is 0 Å². The number of hydrogen-bond acceptors (Lipinski definition) is 11. The number of nitrogens with one attached hydrogen (secondary N) is 2. The summed E-state index contributed by atoms with van der Waals surface area (Å²) in [6, 6.07) is 7.39. The van der Waals surface area contributed by atoms with Crippen LogP contribution < -0.4 is 22.1 Å². The number of nitrogens with zero attached hydrogens (tertiary/aromatic N) is 1. The highest BCUT2D eigenvalue weighted by Crippen LogP contribution is 2.17. The second kappa shape index (κ2) is 30.4. The number of benzene rings is 1. The minimum absolute atomic E-state index is 0.0933. The molecule has 0 radical (unpaired) electrons. The van der Waals surface area contributed by atoms with Gasteiger partial charge in [-0.05, 0) is 49.5 Å². The number of aliphatic hydroxyl groups is 1. The van der Waals surface area contributed by atoms with Crippen LogP contribution in [0.4, 0.5) is 0 Å². The van der Waals surface area contributed by atoms with Crippen LogP contribution in [0.15, 0.2) is 35.3 Å². The summed E-state index contributed by atoms with van der Waals surface area (Å²) in [5.41, 5.74) is 11.7. The van der Waals surface area contributed by atoms with Crippen LogP contribution in [0.25, 0.3) is 0 Å². The SMILES string of the molecule is CCC(=O)[C@H](Cc1ccccc1)NC(=O)[C@H](CO)CC(=O)[C@@H](NC(=O)[C@H](CCCN=C(N)N)CC(=O)COCCOCCOCCOCCCC(C)C)C(C)C. The Balaban J connectivity index is 2.70. The Labute approximate surface area is 333 Å². The monoisotopic (exact) mass is 792 g/mol. The third-order valence-electron chi connectivity index (χ3n) is 8.99. The summed E-state index contributed by atoms with van der Waals surface area (Å²) in [6.07, 6.45) is 2.79. The molecular weight excluding hydrogens is 722 g/mol. The first kappa shape index (κ1) is 50.3. The molecule has 0 aliphatic rings. The topological polar surface area (TPSA) is 231 Å². The van der Waals surface area contributed by atoms with Gasteiger partial charge < -0.3 is 46.2 Å². The molecule has 0 aromatic heterocycles. The van der Waals surface area contributed by atoms with Crippen molar-refractivity contribution in [3.63, 3.8) is 0 Å². The van der Waals surface area contributed by atoms with Crippen molar-refractivity contribution in [1.29, 1.82) is 0 Å². The third-order valence-corrected chi connectivity index (χ3v) is 8.99. The van der Waals surface area contributed by atoms with E-state index in [1.54, 1.807) is 20.8 Å². The van der Waals surface area contributed by atoms with Crippen LogP contribution in [0, 0.1) is 23.7 Å². The zero-order valence-corrected chi connectivity index (χ0v) is 34.3. The summed E-state index contributed by atoms with van der Waals surface area (Å²) in [4.78, 5) is 70.0. The predicted octanol–water partition coefficient (Wildman–Crippen LogP) is 2.53. The van der Waals surface area contributed by atoms with Gasteiger partial charge in [-0.15, -0.1) is 0 Å². The molecule has 0 unspecified atom stereocenters. The van der Waals surface area contributed by atoms with Crippen LogP contribution in [-0.4, -0.2) is 118 Å². The van der Waals surface area contributed by atoms with Crippen LogP contribution in [0.3, 0.4) is 0 Å². The minimum atomic E-state index is -1.14. The van der Waals surface area contributed by atoms with Crippen LogP contribution in [-0.2, 0) is 49.3 Å². The molecule has 0 bridgehead atoms. The summed E-state index contributed by atoms with van der Waals surface area (Å²) in [5, 5.41) is 15.6. The van der Waals surface area contributed by atoms with E-state index in [1.165, 1.54) is 0 Å². The number of aliphatic hydroxyl groups excluding tert-OH is 1. The van der Waals surface area contributed by atoms with E-state index in [9.17, 15) is 29.1 Å². The van der Waals surface area contributed by atoms with E-state index in [-0.39, 0.29) is 81.9 Å². The van der Waals surface area contributed by atoms with Gasteiger partial charge in [0.25, 0.3) is 0 Å². The number of guanidine groups is 1. The second-order valence-corrected chi connectivity index (χ2v) is 14.7. The lowest BCUT2D eigenvalue weighted by molar-refractivity contribution is -0.136. The van der Waals surface area contributed by atoms with E-state index in [0.29, 0.717) is 38.8 Å². The molecular formula is C41H69N5O10. The zero-order valence-electron chi connectivity index (χ0n) is 34.3. The number of aliphatic imine (C=N–C) groups is 1. The van der Waals surface area contributed by atoms with Gasteiger partial charge in [-0.3, -0.25) is 29.0 Å². The summed E-state index contributed by atoms with van der Waals surface area (Å²) >= 11 is 0. The van der Waals surface area contributed by atoms with Gasteiger partial charge in [-0.25, -0.2) is 0 Å². The summed E-state index contributed by atoms with van der Waals surface area (Å²) in [7, 11) is 0. The van der Waals surface area contributed by atoms with Crippen molar-refractivity contribution in [1.82, 2.24) is 10.6 Å². The molecule has 0 aliphatic heterocycles. The predicted molar refractivity (Wildman–Crippen MR) is 215 cm³/mol. The van der Waals surface area contributed by atoms with E-state index in [2.05, 4.69) is 29.5 Å². The number of hydrogen-bond donors (Lipinski definition) is 5. The number of ketones is 3. The molecule has 15 heteroatoms. The number of carbonyl (C=O) groups is 5. The highest BCUT2D eigenvalue weighted by atomic mass is 16.6. The molecule has 0 aliphatic carbocycles. The van der Waals surface area contributed by atoms with E-state index in [0.717, 1.165) is 25.0 Å². The first-order valence-electron chi connectivity index (χ1n) is 20.0. The molecule has 2 amide bonds. The Morgan fingerprint density at radius 1 is 0.732 bits per heavy atom. The number of amides is 2. The quantitative estimate of drug-likeness (QED) is 0.0385. The molecule has 56 heavy (non-hydrogen) atoms. The van der Waals surface area contributed by atoms with Crippen LogP contribution in [0.2, 0.25) is 0 Å². The molecule has 1 rings (SSSR count). The fraction of sp³-hybridized carbons (Fsp3) is 0.707. The average Bonchev–Trinajstić information content (AvgIpc) is 3.16. The van der Waals surface area contributed by atoms with Crippen LogP contribution in [0.5, 0.6) is 0 Å². The molecule has 0 heterocycles. The molecule has 318 valence electrons. The van der Waals surface area contributed by atoms with Gasteiger partial charge in [0.1, 0.15) is 6.61 Å². The maximum Gasteiger partial charge on any atom is 0.226 e. The molecule has 0 saturated heterocycles. The zero-order chi connectivity index (χ0) is 41.7. The number of Topliss-reactive ketones (excluding diaryl/α,β-unsaturated/α-hetero) is 3. The molecule has 1 aromatic rings. The maximum atomic E-state index is 13.6. The van der Waals surface area contributed by atoms with Crippen LogP contribution in [0.1, 0.15) is 85.1 Å². The van der Waals surface area contributed by atoms with Crippen molar-refractivity contribution < 1.29 is 48.0 Å². The van der Waals surface area contributed by atoms with Gasteiger partial charge in [0, 0.05) is 38.3 Å². The number of nitrogens with two attached hydrogens (primary N) is 2. The van der Waals surface area contributed by atoms with E-state index in [1.807, 2.05) is 30.3 Å². The highest BCUT2D eigenvalue weighted by Gasteiger charge is 2.33. The van der Waals surface area contributed by atoms with Crippen molar-refractivity contribution in [2.75, 3.05) is 66.0 Å². The van der Waals surface area contributed by atoms with Gasteiger partial charge in [-0.1, -0.05) is 65.0 Å². The molecule has 15 nitrogen and oxygen atoms in total. The summed E-state index contributed by atoms with van der Waals surface area (Å²) < 4.78 is 22.0. The average molecular weight is 792 g/mol. The third kappa shape index (κ3) is 23.3. The Morgan fingerprint density at radius 3 is 1.88 bits per heavy atom. The molecule has 0 fully saturated rings. The van der Waals surface area contributed by atoms with E-state index < -0.39 is 48.1 Å². The Morgan fingerprint density at radius 2 is 1.32 bits per heavy atom. The van der Waals surface area contributed by atoms with Crippen molar-refractivity contribution in [3.8, 4) is 0 Å². The van der Waals surface area contributed by atoms with Crippen molar-refractivity contribution >= 4 is 35.1 Å². The lowest BCUT2D eigenvalue weighted by Crippen LogP contribution is -2.49. The van der Waals surface area contributed by atoms with Crippen molar-refractivity contribution in [3.05, 3.63) is 35.9 Å². The van der Waals surface area contributed by atoms with Gasteiger partial charge in [0.2, 0.25) is 11.8 Å². The summed E-state index contributed by atoms with van der Waals surface area (Å²) in [6.45, 7) is 11.9. The van der Waals surface area contributed by atoms with E-state index in [4.69, 9.17) is 30.4 Å². The van der Waals surface area contributed by atoms with E-state index >= 15 is 0 Å². The number of carbonyl (C=O) groups excluding carboxylic acids is 5. The van der Waals surface area contributed by atoms with Gasteiger partial charge in [0.05, 0.1) is 64.2 Å². The maximum absolute atomic E-state index is 13.6. The Bertz CT molecular complexity index is 1310. The number of rotatable bonds is 34. The van der Waals surface area contributed by atoms with Gasteiger partial charge >= 0.3 is 0 Å². The second-order valence-electron chi connectivity index (χ2n) is 14.7. The first-order chi connectivity index (χ1) is 26.8. The molecule has 0 spiro atoms. The van der Waals surface area contributed by atoms with Crippen molar-refractivity contribution in [2.24, 2.45) is 40.1 Å². The fourth-order valence-electron chi connectivity index (χ4n) is 5.78. The Hall–Kier alpha value is -3.76. The lowest BCUT2D eigenvalue weighted by Gasteiger charge is -2.26. The molecule has 0 saturated carbocycles. The smallest absolute Gasteiger partial charge is 0.226 e. The van der Waals surface area contributed by atoms with Crippen molar-refractivity contribution in [2.45, 2.75) is 98.1 Å². The van der Waals surface area contributed by atoms with Gasteiger partial charge in [-0.2, -0.15) is 0 Å². The lowest BCUT2D eigenvalue weighted by atomic mass is 9.90. The fourth-order valence-corrected chi connectivity index (χ4v) is 5.78. The largest absolute Gasteiger partial charge is 0.396 e. The number of ether oxygens (including phenoxy) is 4. The van der Waals surface area contributed by atoms with Gasteiger partial charge in [0.15, 0.2) is 23.3 Å². The molecule has 1 aromatic carbocycles. The minimum Gasteiger partial charge on any atom is -0.396 e. The first-order valence-corrected chi connectivity index (χ1v) is 20.0. The Kier molecular flexibility index (Phi) is 27.3. The summed E-state index contributed by atoms with van der Waals surface area (Å²) in [5.74, 6) is -3.84. The normalized spacial score (nSPS) is 13.5. The highest BCUT2D eigenvalue weighted by molar-refractivity contribution is 5.95. The standard InChI is InChI=1S/C41H69N5O10/c1-6-36(49)35(24-31-13-8-7-9-14-31)45-40(52)33(27-47)26-37(50)38(30(4)5)46-39(51)32(15-10-16-44-41(42)43)25-34(48)28-56-23-22-55-21-20-54-19-18-53-17-11-12-29(2)3/h7-9,13-14,29-30,32-33,35,38,47H,6,10-12,15-28H2,1-5H3,(H,45,52)(H,46,51)(H4,42,43,44)/t32-,33+,35+,38+/m1/s1.